The van der Waals surface area contributed by atoms with E-state index in [0.29, 0.717) is 18.6 Å². The molecular formula is C24H30N2O5. The van der Waals surface area contributed by atoms with Gasteiger partial charge in [-0.1, -0.05) is 31.2 Å². The number of nitrogens with one attached hydrogen (secondary N) is 1. The number of β-amino-alcohol motifs (C(OH)–C–C–N with tert-alkyl or cyclic N) is 1. The second-order valence-corrected chi connectivity index (χ2v) is 7.99. The number of rotatable bonds is 10. The molecule has 1 aliphatic rings. The molecule has 0 radical (unpaired) electrons. The molecule has 2 aromatic rings. The molecule has 1 aliphatic heterocycles. The number of nitrogens with zero attached hydrogens (tertiary/aromatic N) is 1. The van der Waals surface area contributed by atoms with E-state index in [1.54, 1.807) is 14.0 Å². The van der Waals surface area contributed by atoms with Crippen molar-refractivity contribution in [2.24, 2.45) is 0 Å². The van der Waals surface area contributed by atoms with E-state index < -0.39 is 17.7 Å². The number of hydrogen-bond donors (Lipinski definition) is 2. The number of ether oxygens (including phenoxy) is 2. The maximum Gasteiger partial charge on any atom is 0.325 e. The van der Waals surface area contributed by atoms with Gasteiger partial charge >= 0.3 is 6.03 Å². The molecule has 1 heterocycles. The molecule has 0 aromatic heterocycles. The van der Waals surface area contributed by atoms with Gasteiger partial charge < -0.3 is 19.9 Å². The third-order valence-electron chi connectivity index (χ3n) is 5.59. The standard InChI is InChI=1S/C24H30N2O5/c1-4-17-5-11-21(12-6-17)31-16-19(27)15-26-22(28)24(2,25-23(26)29)14-13-18-7-9-20(30-3)10-8-18/h5-12,19,27H,4,13-16H2,1-3H3,(H,25,29). The van der Waals surface area contributed by atoms with Gasteiger partial charge in [-0.3, -0.25) is 9.69 Å². The lowest BCUT2D eigenvalue weighted by Gasteiger charge is -2.22. The fraction of sp³-hybridized carbons (Fsp3) is 0.417. The van der Waals surface area contributed by atoms with Crippen LogP contribution in [0.3, 0.4) is 0 Å². The Morgan fingerprint density at radius 1 is 1.03 bits per heavy atom. The first kappa shape index (κ1) is 22.6. The summed E-state index contributed by atoms with van der Waals surface area (Å²) in [6.45, 7) is 3.67. The summed E-state index contributed by atoms with van der Waals surface area (Å²) < 4.78 is 10.8. The molecule has 0 bridgehead atoms. The predicted octanol–water partition coefficient (Wildman–Crippen LogP) is 2.94. The summed E-state index contributed by atoms with van der Waals surface area (Å²) in [4.78, 5) is 26.4. The zero-order valence-corrected chi connectivity index (χ0v) is 18.3. The second-order valence-electron chi connectivity index (χ2n) is 7.99. The average molecular weight is 427 g/mol. The number of carbonyl (C=O) groups excluding carboxylic acids is 2. The maximum absolute atomic E-state index is 12.9. The van der Waals surface area contributed by atoms with Crippen LogP contribution in [0.15, 0.2) is 48.5 Å². The highest BCUT2D eigenvalue weighted by Gasteiger charge is 2.47. The summed E-state index contributed by atoms with van der Waals surface area (Å²) in [6.07, 6.45) is 1.03. The maximum atomic E-state index is 12.9. The van der Waals surface area contributed by atoms with Crippen LogP contribution >= 0.6 is 0 Å². The Morgan fingerprint density at radius 3 is 2.26 bits per heavy atom. The highest BCUT2D eigenvalue weighted by atomic mass is 16.5. The summed E-state index contributed by atoms with van der Waals surface area (Å²) in [5.74, 6) is 1.07. The van der Waals surface area contributed by atoms with Crippen LogP contribution in [0.4, 0.5) is 4.79 Å². The van der Waals surface area contributed by atoms with Gasteiger partial charge in [-0.25, -0.2) is 4.79 Å². The van der Waals surface area contributed by atoms with E-state index in [4.69, 9.17) is 9.47 Å². The molecule has 7 heteroatoms. The summed E-state index contributed by atoms with van der Waals surface area (Å²) in [5, 5.41) is 13.1. The Morgan fingerprint density at radius 2 is 1.65 bits per heavy atom. The van der Waals surface area contributed by atoms with Crippen molar-refractivity contribution in [1.82, 2.24) is 10.2 Å². The molecule has 2 unspecified atom stereocenters. The molecular weight excluding hydrogens is 396 g/mol. The molecule has 31 heavy (non-hydrogen) atoms. The van der Waals surface area contributed by atoms with Gasteiger partial charge in [-0.15, -0.1) is 0 Å². The molecule has 0 spiro atoms. The SMILES string of the molecule is CCc1ccc(OCC(O)CN2C(=O)NC(C)(CCc3ccc(OC)cc3)C2=O)cc1. The zero-order valence-electron chi connectivity index (χ0n) is 18.3. The van der Waals surface area contributed by atoms with Gasteiger partial charge in [0.15, 0.2) is 0 Å². The number of benzene rings is 2. The van der Waals surface area contributed by atoms with Crippen molar-refractivity contribution >= 4 is 11.9 Å². The lowest BCUT2D eigenvalue weighted by Crippen LogP contribution is -2.45. The Hall–Kier alpha value is -3.06. The highest BCUT2D eigenvalue weighted by molar-refractivity contribution is 6.06. The molecule has 3 amide bonds. The summed E-state index contributed by atoms with van der Waals surface area (Å²) >= 11 is 0. The van der Waals surface area contributed by atoms with Crippen molar-refractivity contribution in [3.63, 3.8) is 0 Å². The molecule has 0 saturated carbocycles. The first-order chi connectivity index (χ1) is 14.8. The van der Waals surface area contributed by atoms with E-state index in [0.717, 1.165) is 22.6 Å². The van der Waals surface area contributed by atoms with Gasteiger partial charge in [0, 0.05) is 0 Å². The van der Waals surface area contributed by atoms with Crippen molar-refractivity contribution in [1.29, 1.82) is 0 Å². The number of amides is 3. The molecule has 2 N–H and O–H groups in total. The van der Waals surface area contributed by atoms with E-state index in [1.807, 2.05) is 48.5 Å². The zero-order chi connectivity index (χ0) is 22.4. The van der Waals surface area contributed by atoms with Crippen LogP contribution in [0.1, 0.15) is 31.4 Å². The minimum atomic E-state index is -1.01. The van der Waals surface area contributed by atoms with E-state index in [9.17, 15) is 14.7 Å². The van der Waals surface area contributed by atoms with Crippen LogP contribution < -0.4 is 14.8 Å². The van der Waals surface area contributed by atoms with Gasteiger partial charge in [0.05, 0.1) is 13.7 Å². The fourth-order valence-corrected chi connectivity index (χ4v) is 3.55. The normalized spacial score (nSPS) is 19.3. The lowest BCUT2D eigenvalue weighted by atomic mass is 9.93. The van der Waals surface area contributed by atoms with Gasteiger partial charge in [0.25, 0.3) is 5.91 Å². The molecule has 2 atom stereocenters. The Balaban J connectivity index is 1.52. The number of urea groups is 1. The molecule has 1 fully saturated rings. The van der Waals surface area contributed by atoms with Gasteiger partial charge in [0.2, 0.25) is 0 Å². The minimum absolute atomic E-state index is 0.00884. The third kappa shape index (κ3) is 5.55. The van der Waals surface area contributed by atoms with Crippen molar-refractivity contribution < 1.29 is 24.2 Å². The van der Waals surface area contributed by atoms with Crippen LogP contribution in [0, 0.1) is 0 Å². The topological polar surface area (TPSA) is 88.1 Å². The van der Waals surface area contributed by atoms with Gasteiger partial charge in [-0.2, -0.15) is 0 Å². The molecule has 2 aromatic carbocycles. The van der Waals surface area contributed by atoms with Crippen molar-refractivity contribution in [2.45, 2.75) is 44.8 Å². The monoisotopic (exact) mass is 426 g/mol. The molecule has 3 rings (SSSR count). The first-order valence-electron chi connectivity index (χ1n) is 10.5. The summed E-state index contributed by atoms with van der Waals surface area (Å²) in [6, 6.07) is 14.7. The summed E-state index contributed by atoms with van der Waals surface area (Å²) in [5.41, 5.74) is 1.24. The van der Waals surface area contributed by atoms with E-state index in [1.165, 1.54) is 5.56 Å². The molecule has 1 saturated heterocycles. The largest absolute Gasteiger partial charge is 0.497 e. The number of carbonyl (C=O) groups is 2. The lowest BCUT2D eigenvalue weighted by molar-refractivity contribution is -0.132. The first-order valence-corrected chi connectivity index (χ1v) is 10.5. The second kappa shape index (κ2) is 9.83. The molecule has 0 aliphatic carbocycles. The fourth-order valence-electron chi connectivity index (χ4n) is 3.55. The van der Waals surface area contributed by atoms with Crippen LogP contribution in [-0.4, -0.2) is 53.8 Å². The predicted molar refractivity (Wildman–Crippen MR) is 117 cm³/mol. The number of aliphatic hydroxyl groups is 1. The Labute approximate surface area is 183 Å². The van der Waals surface area contributed by atoms with Gasteiger partial charge in [0.1, 0.15) is 29.7 Å². The minimum Gasteiger partial charge on any atom is -0.497 e. The van der Waals surface area contributed by atoms with Crippen molar-refractivity contribution in [2.75, 3.05) is 20.3 Å². The average Bonchev–Trinajstić information content (AvgIpc) is 3.00. The van der Waals surface area contributed by atoms with Gasteiger partial charge in [-0.05, 0) is 61.6 Å². The Bertz CT molecular complexity index is 897. The number of methoxy groups -OCH3 is 1. The third-order valence-corrected chi connectivity index (χ3v) is 5.59. The Kier molecular flexibility index (Phi) is 7.17. The van der Waals surface area contributed by atoms with Crippen molar-refractivity contribution in [3.05, 3.63) is 59.7 Å². The number of aliphatic hydroxyl groups excluding tert-OH is 1. The quantitative estimate of drug-likeness (QED) is 0.571. The van der Waals surface area contributed by atoms with Crippen LogP contribution in [0.5, 0.6) is 11.5 Å². The van der Waals surface area contributed by atoms with E-state index in [2.05, 4.69) is 12.2 Å². The van der Waals surface area contributed by atoms with Crippen LogP contribution in [-0.2, 0) is 17.6 Å². The number of hydrogen-bond acceptors (Lipinski definition) is 5. The van der Waals surface area contributed by atoms with E-state index in [-0.39, 0.29) is 19.1 Å². The highest BCUT2D eigenvalue weighted by Crippen LogP contribution is 2.24. The van der Waals surface area contributed by atoms with Crippen LogP contribution in [0.25, 0.3) is 0 Å². The number of imide groups is 1. The van der Waals surface area contributed by atoms with Crippen LogP contribution in [0.2, 0.25) is 0 Å². The number of aryl methyl sites for hydroxylation is 2. The van der Waals surface area contributed by atoms with Crippen molar-refractivity contribution in [3.8, 4) is 11.5 Å². The molecule has 7 nitrogen and oxygen atoms in total. The molecule has 166 valence electrons. The smallest absolute Gasteiger partial charge is 0.325 e. The summed E-state index contributed by atoms with van der Waals surface area (Å²) in [7, 11) is 1.61. The van der Waals surface area contributed by atoms with E-state index >= 15 is 0 Å².